The second kappa shape index (κ2) is 9.68. The van der Waals surface area contributed by atoms with Crippen LogP contribution < -0.4 is 0 Å². The number of benzene rings is 2. The molecule has 0 heterocycles. The fraction of sp³-hybridized carbons (Fsp3) is 0.417. The predicted molar refractivity (Wildman–Crippen MR) is 111 cm³/mol. The Morgan fingerprint density at radius 1 is 0.971 bits per heavy atom. The van der Waals surface area contributed by atoms with Gasteiger partial charge in [-0.05, 0) is 66.3 Å². The van der Waals surface area contributed by atoms with E-state index >= 15 is 0 Å². The maximum Gasteiger partial charge on any atom is 0.416 e. The van der Waals surface area contributed by atoms with E-state index in [2.05, 4.69) is 4.74 Å². The molecular weight excluding hydrogens is 464 g/mol. The van der Waals surface area contributed by atoms with Gasteiger partial charge in [-0.25, -0.2) is 0 Å². The van der Waals surface area contributed by atoms with Gasteiger partial charge in [0.15, 0.2) is 0 Å². The largest absolute Gasteiger partial charge is 0.469 e. The van der Waals surface area contributed by atoms with Crippen LogP contribution in [-0.4, -0.2) is 30.4 Å². The summed E-state index contributed by atoms with van der Waals surface area (Å²) in [5.41, 5.74) is -1.84. The Balaban J connectivity index is 2.14. The van der Waals surface area contributed by atoms with Crippen molar-refractivity contribution in [3.63, 3.8) is 0 Å². The fourth-order valence-electron chi connectivity index (χ4n) is 3.67. The Kier molecular flexibility index (Phi) is 7.28. The summed E-state index contributed by atoms with van der Waals surface area (Å²) in [5, 5.41) is 0. The molecule has 0 radical (unpaired) electrons. The van der Waals surface area contributed by atoms with Crippen molar-refractivity contribution < 1.29 is 40.7 Å². The topological polar surface area (TPSA) is 46.6 Å². The summed E-state index contributed by atoms with van der Waals surface area (Å²) < 4.78 is 85.4. The SMILES string of the molecule is CCN(Cc1cc(C(F)(F)F)ccc1-c1cc(CC(=O)OC)cc(C(F)(F)F)c1)C(=O)C1CC1. The number of hydrogen-bond donors (Lipinski definition) is 0. The minimum Gasteiger partial charge on any atom is -0.469 e. The van der Waals surface area contributed by atoms with E-state index in [4.69, 9.17) is 0 Å². The molecule has 1 fully saturated rings. The Labute approximate surface area is 192 Å². The summed E-state index contributed by atoms with van der Waals surface area (Å²) in [6.45, 7) is 1.74. The van der Waals surface area contributed by atoms with E-state index in [0.717, 1.165) is 37.4 Å². The molecule has 1 aliphatic rings. The van der Waals surface area contributed by atoms with Crippen LogP contribution in [0.4, 0.5) is 26.3 Å². The zero-order valence-electron chi connectivity index (χ0n) is 18.5. The average Bonchev–Trinajstić information content (AvgIpc) is 3.60. The van der Waals surface area contributed by atoms with Gasteiger partial charge in [0.25, 0.3) is 0 Å². The van der Waals surface area contributed by atoms with Gasteiger partial charge < -0.3 is 9.64 Å². The molecule has 184 valence electrons. The van der Waals surface area contributed by atoms with E-state index in [1.807, 2.05) is 0 Å². The predicted octanol–water partition coefficient (Wildman–Crippen LogP) is 5.87. The van der Waals surface area contributed by atoms with Crippen molar-refractivity contribution in [2.75, 3.05) is 13.7 Å². The minimum atomic E-state index is -4.75. The molecule has 2 aromatic rings. The number of nitrogens with zero attached hydrogens (tertiary/aromatic N) is 1. The number of esters is 1. The average molecular weight is 487 g/mol. The van der Waals surface area contributed by atoms with Crippen molar-refractivity contribution in [3.8, 4) is 11.1 Å². The quantitative estimate of drug-likeness (QED) is 0.363. The third-order valence-electron chi connectivity index (χ3n) is 5.62. The summed E-state index contributed by atoms with van der Waals surface area (Å²) in [6, 6.07) is 5.70. The van der Waals surface area contributed by atoms with Gasteiger partial charge in [-0.1, -0.05) is 12.1 Å². The summed E-state index contributed by atoms with van der Waals surface area (Å²) in [6.07, 6.45) is -8.45. The van der Waals surface area contributed by atoms with Crippen LogP contribution in [0.3, 0.4) is 0 Å². The van der Waals surface area contributed by atoms with Crippen LogP contribution in [-0.2, 0) is 39.6 Å². The molecule has 0 atom stereocenters. The minimum absolute atomic E-state index is 0.00364. The van der Waals surface area contributed by atoms with Crippen molar-refractivity contribution in [1.29, 1.82) is 0 Å². The highest BCUT2D eigenvalue weighted by Crippen LogP contribution is 2.38. The molecule has 4 nitrogen and oxygen atoms in total. The number of carbonyl (C=O) groups is 2. The normalized spacial score (nSPS) is 14.1. The first-order chi connectivity index (χ1) is 15.8. The third-order valence-corrected chi connectivity index (χ3v) is 5.62. The van der Waals surface area contributed by atoms with E-state index in [1.165, 1.54) is 11.0 Å². The lowest BCUT2D eigenvalue weighted by Crippen LogP contribution is -2.31. The van der Waals surface area contributed by atoms with Gasteiger partial charge >= 0.3 is 18.3 Å². The van der Waals surface area contributed by atoms with Crippen LogP contribution in [0.2, 0.25) is 0 Å². The Morgan fingerprint density at radius 3 is 2.15 bits per heavy atom. The van der Waals surface area contributed by atoms with E-state index in [0.29, 0.717) is 12.8 Å². The Bertz CT molecular complexity index is 1070. The van der Waals surface area contributed by atoms with Crippen molar-refractivity contribution in [1.82, 2.24) is 4.90 Å². The summed E-state index contributed by atoms with van der Waals surface area (Å²) >= 11 is 0. The van der Waals surface area contributed by atoms with E-state index in [9.17, 15) is 35.9 Å². The zero-order valence-corrected chi connectivity index (χ0v) is 18.5. The molecule has 0 spiro atoms. The monoisotopic (exact) mass is 487 g/mol. The summed E-state index contributed by atoms with van der Waals surface area (Å²) in [7, 11) is 1.10. The van der Waals surface area contributed by atoms with Gasteiger partial charge in [0.2, 0.25) is 5.91 Å². The number of carbonyl (C=O) groups excluding carboxylic acids is 2. The summed E-state index contributed by atoms with van der Waals surface area (Å²) in [5.74, 6) is -1.12. The molecule has 0 unspecified atom stereocenters. The van der Waals surface area contributed by atoms with E-state index in [-0.39, 0.29) is 47.2 Å². The second-order valence-corrected chi connectivity index (χ2v) is 8.17. The number of methoxy groups -OCH3 is 1. The highest BCUT2D eigenvalue weighted by molar-refractivity contribution is 5.81. The molecule has 0 aromatic heterocycles. The Hall–Kier alpha value is -3.04. The third kappa shape index (κ3) is 6.09. The molecule has 1 amide bonds. The van der Waals surface area contributed by atoms with Gasteiger partial charge in [0.05, 0.1) is 24.7 Å². The van der Waals surface area contributed by atoms with Gasteiger partial charge in [0.1, 0.15) is 0 Å². The first kappa shape index (κ1) is 25.6. The lowest BCUT2D eigenvalue weighted by atomic mass is 9.93. The standard InChI is InChI=1S/C24H23F6NO3/c1-3-31(22(33)15-4-5-15)13-17-12-18(23(25,26)27)6-7-20(17)16-8-14(10-21(32)34-2)9-19(11-16)24(28,29)30/h6-9,11-12,15H,3-5,10,13H2,1-2H3. The molecule has 2 aromatic carbocycles. The van der Waals surface area contributed by atoms with Gasteiger partial charge in [-0.3, -0.25) is 9.59 Å². The molecule has 34 heavy (non-hydrogen) atoms. The van der Waals surface area contributed by atoms with Crippen LogP contribution in [0.5, 0.6) is 0 Å². The second-order valence-electron chi connectivity index (χ2n) is 8.17. The lowest BCUT2D eigenvalue weighted by molar-refractivity contribution is -0.140. The van der Waals surface area contributed by atoms with Crippen molar-refractivity contribution in [3.05, 3.63) is 58.7 Å². The van der Waals surface area contributed by atoms with Gasteiger partial charge in [-0.15, -0.1) is 0 Å². The van der Waals surface area contributed by atoms with E-state index < -0.39 is 35.9 Å². The number of ether oxygens (including phenoxy) is 1. The molecule has 10 heteroatoms. The molecule has 0 N–H and O–H groups in total. The molecule has 0 aliphatic heterocycles. The molecule has 1 saturated carbocycles. The molecule has 0 saturated heterocycles. The van der Waals surface area contributed by atoms with E-state index in [1.54, 1.807) is 6.92 Å². The van der Waals surface area contributed by atoms with Crippen molar-refractivity contribution in [2.24, 2.45) is 5.92 Å². The maximum atomic E-state index is 13.6. The number of amides is 1. The zero-order chi connectivity index (χ0) is 25.3. The number of hydrogen-bond acceptors (Lipinski definition) is 3. The fourth-order valence-corrected chi connectivity index (χ4v) is 3.67. The highest BCUT2D eigenvalue weighted by atomic mass is 19.4. The van der Waals surface area contributed by atoms with Crippen LogP contribution >= 0.6 is 0 Å². The highest BCUT2D eigenvalue weighted by Gasteiger charge is 2.35. The Morgan fingerprint density at radius 2 is 1.62 bits per heavy atom. The summed E-state index contributed by atoms with van der Waals surface area (Å²) in [4.78, 5) is 25.6. The van der Waals surface area contributed by atoms with Gasteiger partial charge in [0, 0.05) is 19.0 Å². The molecular formula is C24H23F6NO3. The first-order valence-electron chi connectivity index (χ1n) is 10.6. The van der Waals surface area contributed by atoms with Crippen LogP contribution in [0.25, 0.3) is 11.1 Å². The maximum absolute atomic E-state index is 13.6. The number of rotatable bonds is 7. The number of halogens is 6. The van der Waals surface area contributed by atoms with Crippen molar-refractivity contribution in [2.45, 2.75) is 45.1 Å². The molecule has 3 rings (SSSR count). The lowest BCUT2D eigenvalue weighted by Gasteiger charge is -2.24. The molecule has 0 bridgehead atoms. The molecule has 1 aliphatic carbocycles. The van der Waals surface area contributed by atoms with Crippen molar-refractivity contribution >= 4 is 11.9 Å². The first-order valence-corrected chi connectivity index (χ1v) is 10.6. The van der Waals surface area contributed by atoms with Crippen LogP contribution in [0.1, 0.15) is 42.0 Å². The van der Waals surface area contributed by atoms with Crippen LogP contribution in [0.15, 0.2) is 36.4 Å². The smallest absolute Gasteiger partial charge is 0.416 e. The van der Waals surface area contributed by atoms with Gasteiger partial charge in [-0.2, -0.15) is 26.3 Å². The van der Waals surface area contributed by atoms with Crippen LogP contribution in [0, 0.1) is 5.92 Å². The number of alkyl halides is 6.